The first-order valence-electron chi connectivity index (χ1n) is 9.67. The molecule has 8 heteroatoms. The Balaban J connectivity index is 1.54. The molecule has 0 saturated heterocycles. The Kier molecular flexibility index (Phi) is 5.38. The number of amides is 1. The Morgan fingerprint density at radius 1 is 1.13 bits per heavy atom. The first kappa shape index (κ1) is 20.6. The second-order valence-electron chi connectivity index (χ2n) is 7.57. The highest BCUT2D eigenvalue weighted by molar-refractivity contribution is 7.92. The van der Waals surface area contributed by atoms with Crippen LogP contribution in [0.2, 0.25) is 0 Å². The van der Waals surface area contributed by atoms with Gasteiger partial charge in [-0.2, -0.15) is 0 Å². The lowest BCUT2D eigenvalue weighted by Gasteiger charge is -2.29. The van der Waals surface area contributed by atoms with Crippen molar-refractivity contribution in [3.05, 3.63) is 64.0 Å². The standard InChI is InChI=1S/C22H23N3O3S2/c1-14-6-7-16(11-15(14)2)19-13-29-22(23-19)24-21(26)18-8-9-20-17(12-18)5-4-10-25(20)30(3,27)28/h6-9,11-13H,4-5,10H2,1-3H3,(H,23,24,26). The van der Waals surface area contributed by atoms with Gasteiger partial charge >= 0.3 is 0 Å². The molecule has 0 aliphatic carbocycles. The molecule has 1 aliphatic rings. The average molecular weight is 442 g/mol. The van der Waals surface area contributed by atoms with E-state index >= 15 is 0 Å². The van der Waals surface area contributed by atoms with E-state index in [0.29, 0.717) is 22.9 Å². The Hall–Kier alpha value is -2.71. The van der Waals surface area contributed by atoms with E-state index in [4.69, 9.17) is 0 Å². The fourth-order valence-corrected chi connectivity index (χ4v) is 5.29. The smallest absolute Gasteiger partial charge is 0.257 e. The van der Waals surface area contributed by atoms with Gasteiger partial charge in [0.1, 0.15) is 0 Å². The zero-order chi connectivity index (χ0) is 21.5. The number of anilines is 2. The van der Waals surface area contributed by atoms with Gasteiger partial charge in [-0.3, -0.25) is 14.4 Å². The molecule has 0 saturated carbocycles. The van der Waals surface area contributed by atoms with Gasteiger partial charge in [0, 0.05) is 23.1 Å². The highest BCUT2D eigenvalue weighted by atomic mass is 32.2. The van der Waals surface area contributed by atoms with Crippen molar-refractivity contribution in [3.8, 4) is 11.3 Å². The Morgan fingerprint density at radius 3 is 2.67 bits per heavy atom. The van der Waals surface area contributed by atoms with Crippen molar-refractivity contribution in [1.82, 2.24) is 4.98 Å². The molecule has 1 aliphatic heterocycles. The first-order chi connectivity index (χ1) is 14.2. The van der Waals surface area contributed by atoms with Crippen LogP contribution in [-0.2, 0) is 16.4 Å². The van der Waals surface area contributed by atoms with Crippen molar-refractivity contribution in [2.75, 3.05) is 22.4 Å². The maximum atomic E-state index is 12.7. The summed E-state index contributed by atoms with van der Waals surface area (Å²) in [5.41, 5.74) is 6.29. The molecule has 0 fully saturated rings. The average Bonchev–Trinajstić information content (AvgIpc) is 3.17. The predicted octanol–water partition coefficient (Wildman–Crippen LogP) is 4.39. The lowest BCUT2D eigenvalue weighted by Crippen LogP contribution is -2.34. The highest BCUT2D eigenvalue weighted by Gasteiger charge is 2.24. The van der Waals surface area contributed by atoms with E-state index in [9.17, 15) is 13.2 Å². The third-order valence-electron chi connectivity index (χ3n) is 5.35. The van der Waals surface area contributed by atoms with Crippen LogP contribution in [0.3, 0.4) is 0 Å². The van der Waals surface area contributed by atoms with Crippen molar-refractivity contribution in [2.45, 2.75) is 26.7 Å². The van der Waals surface area contributed by atoms with Crippen LogP contribution in [0.5, 0.6) is 0 Å². The highest BCUT2D eigenvalue weighted by Crippen LogP contribution is 2.31. The number of aryl methyl sites for hydroxylation is 3. The number of hydrogen-bond donors (Lipinski definition) is 1. The molecule has 2 heterocycles. The second kappa shape index (κ2) is 7.85. The maximum absolute atomic E-state index is 12.7. The van der Waals surface area contributed by atoms with Crippen LogP contribution < -0.4 is 9.62 Å². The number of aromatic nitrogens is 1. The molecule has 0 radical (unpaired) electrons. The molecule has 30 heavy (non-hydrogen) atoms. The zero-order valence-electron chi connectivity index (χ0n) is 17.1. The maximum Gasteiger partial charge on any atom is 0.257 e. The van der Waals surface area contributed by atoms with Gasteiger partial charge in [-0.05, 0) is 67.6 Å². The lowest BCUT2D eigenvalue weighted by molar-refractivity contribution is 0.102. The summed E-state index contributed by atoms with van der Waals surface area (Å²) in [7, 11) is -3.33. The van der Waals surface area contributed by atoms with Gasteiger partial charge in [-0.25, -0.2) is 13.4 Å². The third kappa shape index (κ3) is 4.11. The van der Waals surface area contributed by atoms with Crippen LogP contribution in [0, 0.1) is 13.8 Å². The summed E-state index contributed by atoms with van der Waals surface area (Å²) in [5, 5.41) is 5.32. The van der Waals surface area contributed by atoms with Crippen molar-refractivity contribution in [2.24, 2.45) is 0 Å². The van der Waals surface area contributed by atoms with Gasteiger partial charge < -0.3 is 0 Å². The van der Waals surface area contributed by atoms with Gasteiger partial charge in [-0.15, -0.1) is 11.3 Å². The van der Waals surface area contributed by atoms with Gasteiger partial charge in [0.05, 0.1) is 17.6 Å². The van der Waals surface area contributed by atoms with Crippen LogP contribution >= 0.6 is 11.3 Å². The number of benzene rings is 2. The van der Waals surface area contributed by atoms with E-state index < -0.39 is 10.0 Å². The molecule has 1 amide bonds. The fourth-order valence-electron chi connectivity index (χ4n) is 3.58. The van der Waals surface area contributed by atoms with Gasteiger partial charge in [-0.1, -0.05) is 12.1 Å². The topological polar surface area (TPSA) is 79.4 Å². The van der Waals surface area contributed by atoms with E-state index in [1.165, 1.54) is 33.0 Å². The number of sulfonamides is 1. The molecule has 0 unspecified atom stereocenters. The lowest BCUT2D eigenvalue weighted by atomic mass is 10.0. The normalized spacial score (nSPS) is 13.8. The second-order valence-corrected chi connectivity index (χ2v) is 10.3. The molecular formula is C22H23N3O3S2. The molecule has 4 rings (SSSR count). The van der Waals surface area contributed by atoms with Crippen LogP contribution in [0.25, 0.3) is 11.3 Å². The minimum Gasteiger partial charge on any atom is -0.298 e. The molecule has 0 bridgehead atoms. The molecular weight excluding hydrogens is 418 g/mol. The number of rotatable bonds is 4. The number of nitrogens with zero attached hydrogens (tertiary/aromatic N) is 2. The number of fused-ring (bicyclic) bond motifs is 1. The van der Waals surface area contributed by atoms with Gasteiger partial charge in [0.15, 0.2) is 5.13 Å². The van der Waals surface area contributed by atoms with Crippen molar-refractivity contribution < 1.29 is 13.2 Å². The van der Waals surface area contributed by atoms with E-state index in [0.717, 1.165) is 29.7 Å². The number of carbonyl (C=O) groups is 1. The minimum absolute atomic E-state index is 0.254. The van der Waals surface area contributed by atoms with Crippen LogP contribution in [0.1, 0.15) is 33.5 Å². The number of hydrogen-bond acceptors (Lipinski definition) is 5. The van der Waals surface area contributed by atoms with Crippen LogP contribution in [0.15, 0.2) is 41.8 Å². The van der Waals surface area contributed by atoms with Crippen LogP contribution in [0.4, 0.5) is 10.8 Å². The summed E-state index contributed by atoms with van der Waals surface area (Å²) in [5.74, 6) is -0.254. The SMILES string of the molecule is Cc1ccc(-c2csc(NC(=O)c3ccc4c(c3)CCCN4S(C)(=O)=O)n2)cc1C. The zero-order valence-corrected chi connectivity index (χ0v) is 18.7. The van der Waals surface area contributed by atoms with Gasteiger partial charge in [0.25, 0.3) is 5.91 Å². The van der Waals surface area contributed by atoms with E-state index in [-0.39, 0.29) is 5.91 Å². The fraction of sp³-hybridized carbons (Fsp3) is 0.273. The molecule has 6 nitrogen and oxygen atoms in total. The van der Waals surface area contributed by atoms with Crippen LogP contribution in [-0.4, -0.2) is 32.1 Å². The summed E-state index contributed by atoms with van der Waals surface area (Å²) >= 11 is 1.38. The third-order valence-corrected chi connectivity index (χ3v) is 7.28. The van der Waals surface area contributed by atoms with Gasteiger partial charge in [0.2, 0.25) is 10.0 Å². The monoisotopic (exact) mass is 441 g/mol. The largest absolute Gasteiger partial charge is 0.298 e. The van der Waals surface area contributed by atoms with E-state index in [1.807, 2.05) is 11.4 Å². The molecule has 0 atom stereocenters. The quantitative estimate of drug-likeness (QED) is 0.651. The summed E-state index contributed by atoms with van der Waals surface area (Å²) in [6.45, 7) is 4.60. The number of thiazole rings is 1. The van der Waals surface area contributed by atoms with E-state index in [1.54, 1.807) is 18.2 Å². The van der Waals surface area contributed by atoms with Crippen molar-refractivity contribution in [1.29, 1.82) is 0 Å². The minimum atomic E-state index is -3.33. The molecule has 156 valence electrons. The molecule has 1 N–H and O–H groups in total. The number of nitrogens with one attached hydrogen (secondary N) is 1. The molecule has 2 aromatic carbocycles. The Morgan fingerprint density at radius 2 is 1.93 bits per heavy atom. The van der Waals surface area contributed by atoms with Crippen molar-refractivity contribution >= 4 is 38.1 Å². The van der Waals surface area contributed by atoms with Crippen molar-refractivity contribution in [3.63, 3.8) is 0 Å². The summed E-state index contributed by atoms with van der Waals surface area (Å²) in [4.78, 5) is 17.3. The molecule has 0 spiro atoms. The number of carbonyl (C=O) groups excluding carboxylic acids is 1. The summed E-state index contributed by atoms with van der Waals surface area (Å²) < 4.78 is 25.4. The Bertz CT molecular complexity index is 1230. The summed E-state index contributed by atoms with van der Waals surface area (Å²) in [6, 6.07) is 11.3. The molecule has 3 aromatic rings. The first-order valence-corrected chi connectivity index (χ1v) is 12.4. The van der Waals surface area contributed by atoms with E-state index in [2.05, 4.69) is 36.3 Å². The summed E-state index contributed by atoms with van der Waals surface area (Å²) in [6.07, 6.45) is 2.69. The predicted molar refractivity (Wildman–Crippen MR) is 122 cm³/mol. The Labute approximate surface area is 180 Å². The molecule has 1 aromatic heterocycles.